The van der Waals surface area contributed by atoms with E-state index < -0.39 is 0 Å². The van der Waals surface area contributed by atoms with Crippen molar-refractivity contribution in [3.8, 4) is 0 Å². The van der Waals surface area contributed by atoms with E-state index in [1.165, 1.54) is 0 Å². The van der Waals surface area contributed by atoms with Crippen molar-refractivity contribution in [3.63, 3.8) is 0 Å². The summed E-state index contributed by atoms with van der Waals surface area (Å²) >= 11 is 1.90. The lowest BCUT2D eigenvalue weighted by atomic mass is 10.4. The Bertz CT molecular complexity index is 134. The molecule has 0 unspecified atom stereocenters. The molecule has 1 aliphatic heterocycles. The molecular weight excluding hydrogens is 162 g/mol. The normalized spacial score (nSPS) is 18.5. The molecule has 1 amide bonds. The van der Waals surface area contributed by atoms with Crippen molar-refractivity contribution in [2.45, 2.75) is 0 Å². The van der Waals surface area contributed by atoms with Crippen molar-refractivity contribution >= 4 is 17.7 Å². The number of carbonyl (C=O) groups excluding carboxylic acids is 1. The molecule has 1 rings (SSSR count). The lowest BCUT2D eigenvalue weighted by molar-refractivity contribution is -0.134. The maximum atomic E-state index is 11.2. The number of hydrogen-bond donors (Lipinski definition) is 0. The lowest BCUT2D eigenvalue weighted by Crippen LogP contribution is -2.39. The molecule has 1 fully saturated rings. The minimum absolute atomic E-state index is 0.118. The van der Waals surface area contributed by atoms with Gasteiger partial charge in [0.25, 0.3) is 0 Å². The highest BCUT2D eigenvalue weighted by Gasteiger charge is 2.15. The van der Waals surface area contributed by atoms with Crippen LogP contribution in [0.4, 0.5) is 0 Å². The Balaban J connectivity index is 2.27. The van der Waals surface area contributed by atoms with E-state index in [0.717, 1.165) is 24.6 Å². The largest absolute Gasteiger partial charge is 0.375 e. The van der Waals surface area contributed by atoms with Crippen molar-refractivity contribution in [2.24, 2.45) is 0 Å². The van der Waals surface area contributed by atoms with Gasteiger partial charge in [0.05, 0.1) is 0 Å². The van der Waals surface area contributed by atoms with Crippen LogP contribution >= 0.6 is 11.8 Å². The molecule has 0 spiro atoms. The van der Waals surface area contributed by atoms with Crippen LogP contribution in [0.2, 0.25) is 0 Å². The summed E-state index contributed by atoms with van der Waals surface area (Å²) in [5, 5.41) is 0. The van der Waals surface area contributed by atoms with Crippen LogP contribution in [0.15, 0.2) is 0 Å². The Labute approximate surface area is 71.1 Å². The number of hydrogen-bond acceptors (Lipinski definition) is 3. The third-order valence-electron chi connectivity index (χ3n) is 1.63. The molecular formula is C7H13NO2S. The minimum atomic E-state index is 0.118. The van der Waals surface area contributed by atoms with E-state index in [2.05, 4.69) is 0 Å². The number of amides is 1. The molecule has 0 aliphatic carbocycles. The fourth-order valence-electron chi connectivity index (χ4n) is 1.03. The fourth-order valence-corrected chi connectivity index (χ4v) is 1.93. The first-order chi connectivity index (χ1) is 5.34. The third-order valence-corrected chi connectivity index (χ3v) is 2.57. The first-order valence-electron chi connectivity index (χ1n) is 3.69. The Hall–Kier alpha value is -0.220. The van der Waals surface area contributed by atoms with Gasteiger partial charge in [0.15, 0.2) is 0 Å². The monoisotopic (exact) mass is 175 g/mol. The molecule has 11 heavy (non-hydrogen) atoms. The molecule has 0 aromatic heterocycles. The van der Waals surface area contributed by atoms with Gasteiger partial charge in [-0.15, -0.1) is 0 Å². The van der Waals surface area contributed by atoms with E-state index in [1.807, 2.05) is 16.7 Å². The molecule has 0 aromatic rings. The summed E-state index contributed by atoms with van der Waals surface area (Å²) in [6.45, 7) is 1.99. The van der Waals surface area contributed by atoms with E-state index in [4.69, 9.17) is 4.74 Å². The molecule has 1 heterocycles. The standard InChI is InChI=1S/C7H13NO2S/c1-10-6-7(9)8-2-4-11-5-3-8/h2-6H2,1H3. The summed E-state index contributed by atoms with van der Waals surface area (Å²) in [5.41, 5.74) is 0. The summed E-state index contributed by atoms with van der Waals surface area (Å²) in [7, 11) is 1.55. The highest BCUT2D eigenvalue weighted by molar-refractivity contribution is 7.99. The van der Waals surface area contributed by atoms with E-state index in [0.29, 0.717) is 0 Å². The van der Waals surface area contributed by atoms with Crippen LogP contribution in [0, 0.1) is 0 Å². The van der Waals surface area contributed by atoms with Gasteiger partial charge >= 0.3 is 0 Å². The van der Waals surface area contributed by atoms with Gasteiger partial charge < -0.3 is 9.64 Å². The van der Waals surface area contributed by atoms with Crippen LogP contribution in [-0.4, -0.2) is 49.1 Å². The molecule has 0 aromatic carbocycles. The first kappa shape index (κ1) is 8.87. The highest BCUT2D eigenvalue weighted by atomic mass is 32.2. The van der Waals surface area contributed by atoms with Crippen LogP contribution in [0.25, 0.3) is 0 Å². The van der Waals surface area contributed by atoms with Gasteiger partial charge in [-0.05, 0) is 0 Å². The summed E-state index contributed by atoms with van der Waals surface area (Å²) in [5.74, 6) is 2.25. The van der Waals surface area contributed by atoms with Crippen LogP contribution in [0.5, 0.6) is 0 Å². The molecule has 4 heteroatoms. The highest BCUT2D eigenvalue weighted by Crippen LogP contribution is 2.08. The smallest absolute Gasteiger partial charge is 0.248 e. The molecule has 64 valence electrons. The minimum Gasteiger partial charge on any atom is -0.375 e. The van der Waals surface area contributed by atoms with Gasteiger partial charge in [-0.1, -0.05) is 0 Å². The lowest BCUT2D eigenvalue weighted by Gasteiger charge is -2.25. The summed E-state index contributed by atoms with van der Waals surface area (Å²) in [6, 6.07) is 0. The Kier molecular flexibility index (Phi) is 3.72. The molecule has 0 saturated carbocycles. The van der Waals surface area contributed by atoms with Crippen molar-refractivity contribution in [3.05, 3.63) is 0 Å². The molecule has 1 saturated heterocycles. The van der Waals surface area contributed by atoms with Crippen molar-refractivity contribution in [2.75, 3.05) is 38.3 Å². The zero-order valence-corrected chi connectivity index (χ0v) is 7.52. The van der Waals surface area contributed by atoms with E-state index >= 15 is 0 Å². The Morgan fingerprint density at radius 3 is 2.73 bits per heavy atom. The van der Waals surface area contributed by atoms with Gasteiger partial charge in [-0.25, -0.2) is 0 Å². The predicted molar refractivity (Wildman–Crippen MR) is 45.8 cm³/mol. The van der Waals surface area contributed by atoms with Gasteiger partial charge in [0.2, 0.25) is 5.91 Å². The van der Waals surface area contributed by atoms with Crippen molar-refractivity contribution < 1.29 is 9.53 Å². The predicted octanol–water partition coefficient (Wildman–Crippen LogP) is 0.208. The van der Waals surface area contributed by atoms with E-state index in [1.54, 1.807) is 7.11 Å². The number of rotatable bonds is 2. The average molecular weight is 175 g/mol. The summed E-state index contributed by atoms with van der Waals surface area (Å²) in [6.07, 6.45) is 0. The zero-order chi connectivity index (χ0) is 8.10. The van der Waals surface area contributed by atoms with Gasteiger partial charge in [0.1, 0.15) is 6.61 Å². The van der Waals surface area contributed by atoms with Gasteiger partial charge in [-0.3, -0.25) is 4.79 Å². The maximum Gasteiger partial charge on any atom is 0.248 e. The topological polar surface area (TPSA) is 29.5 Å². The fraction of sp³-hybridized carbons (Fsp3) is 0.857. The van der Waals surface area contributed by atoms with Gasteiger partial charge in [0, 0.05) is 31.7 Å². The Morgan fingerprint density at radius 2 is 2.18 bits per heavy atom. The van der Waals surface area contributed by atoms with E-state index in [9.17, 15) is 4.79 Å². The molecule has 0 radical (unpaired) electrons. The molecule has 0 N–H and O–H groups in total. The van der Waals surface area contributed by atoms with Crippen LogP contribution in [0.3, 0.4) is 0 Å². The molecule has 3 nitrogen and oxygen atoms in total. The number of methoxy groups -OCH3 is 1. The maximum absolute atomic E-state index is 11.2. The second-order valence-corrected chi connectivity index (χ2v) is 3.65. The molecule has 0 atom stereocenters. The van der Waals surface area contributed by atoms with Crippen molar-refractivity contribution in [1.82, 2.24) is 4.90 Å². The quantitative estimate of drug-likeness (QED) is 0.601. The van der Waals surface area contributed by atoms with Crippen LogP contribution in [-0.2, 0) is 9.53 Å². The second-order valence-electron chi connectivity index (χ2n) is 2.43. The zero-order valence-electron chi connectivity index (χ0n) is 6.71. The number of carbonyl (C=O) groups is 1. The Morgan fingerprint density at radius 1 is 1.55 bits per heavy atom. The van der Waals surface area contributed by atoms with Crippen LogP contribution in [0.1, 0.15) is 0 Å². The molecule has 0 bridgehead atoms. The molecule has 1 aliphatic rings. The van der Waals surface area contributed by atoms with Crippen molar-refractivity contribution in [1.29, 1.82) is 0 Å². The van der Waals surface area contributed by atoms with E-state index in [-0.39, 0.29) is 12.5 Å². The number of thioether (sulfide) groups is 1. The summed E-state index contributed by atoms with van der Waals surface area (Å²) in [4.78, 5) is 13.1. The SMILES string of the molecule is COCC(=O)N1CCSCC1. The summed E-state index contributed by atoms with van der Waals surface area (Å²) < 4.78 is 4.76. The van der Waals surface area contributed by atoms with Crippen LogP contribution < -0.4 is 0 Å². The number of ether oxygens (including phenoxy) is 1. The number of nitrogens with zero attached hydrogens (tertiary/aromatic N) is 1. The first-order valence-corrected chi connectivity index (χ1v) is 4.84. The van der Waals surface area contributed by atoms with Gasteiger partial charge in [-0.2, -0.15) is 11.8 Å². The third kappa shape index (κ3) is 2.71. The second kappa shape index (κ2) is 4.62. The average Bonchev–Trinajstić information content (AvgIpc) is 2.07.